The van der Waals surface area contributed by atoms with Crippen LogP contribution in [0.1, 0.15) is 26.5 Å². The maximum absolute atomic E-state index is 11.7. The predicted octanol–water partition coefficient (Wildman–Crippen LogP) is 1.40. The van der Waals surface area contributed by atoms with Gasteiger partial charge in [0.05, 0.1) is 7.11 Å². The molecule has 0 bridgehead atoms. The minimum absolute atomic E-state index is 0.0321. The highest BCUT2D eigenvalue weighted by atomic mass is 32.1. The zero-order valence-corrected chi connectivity index (χ0v) is 13.0. The van der Waals surface area contributed by atoms with Gasteiger partial charge in [0.15, 0.2) is 0 Å². The Labute approximate surface area is 117 Å². The van der Waals surface area contributed by atoms with Crippen molar-refractivity contribution >= 4 is 17.3 Å². The second-order valence-electron chi connectivity index (χ2n) is 5.57. The molecule has 1 aromatic heterocycles. The van der Waals surface area contributed by atoms with Crippen LogP contribution in [-0.2, 0) is 16.1 Å². The van der Waals surface area contributed by atoms with E-state index < -0.39 is 0 Å². The Kier molecular flexibility index (Phi) is 5.31. The summed E-state index contributed by atoms with van der Waals surface area (Å²) in [7, 11) is 1.39. The largest absolute Gasteiger partial charge is 0.468 e. The van der Waals surface area contributed by atoms with Crippen LogP contribution >= 0.6 is 11.3 Å². The molecule has 5 nitrogen and oxygen atoms in total. The third kappa shape index (κ3) is 4.18. The second-order valence-corrected chi connectivity index (χ2v) is 6.39. The lowest BCUT2D eigenvalue weighted by molar-refractivity contribution is -0.146. The summed E-state index contributed by atoms with van der Waals surface area (Å²) in [5.74, 6) is -0.276. The van der Waals surface area contributed by atoms with E-state index in [2.05, 4.69) is 5.32 Å². The van der Waals surface area contributed by atoms with Crippen LogP contribution in [0.4, 0.5) is 0 Å². The Morgan fingerprint density at radius 1 is 1.53 bits per heavy atom. The molecule has 1 atom stereocenters. The first-order valence-electron chi connectivity index (χ1n) is 6.23. The number of rotatable bonds is 5. The van der Waals surface area contributed by atoms with Gasteiger partial charge in [0, 0.05) is 24.2 Å². The zero-order valence-electron chi connectivity index (χ0n) is 12.1. The van der Waals surface area contributed by atoms with E-state index in [1.807, 2.05) is 33.1 Å². The summed E-state index contributed by atoms with van der Waals surface area (Å²) >= 11 is 1.19. The van der Waals surface area contributed by atoms with Gasteiger partial charge in [-0.05, 0) is 12.3 Å². The van der Waals surface area contributed by atoms with Crippen LogP contribution in [0.2, 0.25) is 0 Å². The molecule has 0 aromatic carbocycles. The second kappa shape index (κ2) is 6.34. The van der Waals surface area contributed by atoms with Gasteiger partial charge in [-0.3, -0.25) is 9.59 Å². The van der Waals surface area contributed by atoms with Crippen molar-refractivity contribution in [1.29, 1.82) is 0 Å². The minimum Gasteiger partial charge on any atom is -0.468 e. The fourth-order valence-electron chi connectivity index (χ4n) is 1.86. The van der Waals surface area contributed by atoms with Crippen LogP contribution in [0.25, 0.3) is 0 Å². The number of carbonyl (C=O) groups is 1. The summed E-state index contributed by atoms with van der Waals surface area (Å²) in [4.78, 5) is 23.3. The number of carbonyl (C=O) groups excluding carboxylic acids is 1. The minimum atomic E-state index is -0.382. The van der Waals surface area contributed by atoms with E-state index in [9.17, 15) is 9.59 Å². The summed E-state index contributed by atoms with van der Waals surface area (Å²) in [5.41, 5.74) is 0.712. The first-order valence-corrected chi connectivity index (χ1v) is 7.11. The highest BCUT2D eigenvalue weighted by molar-refractivity contribution is 7.07. The van der Waals surface area contributed by atoms with Crippen molar-refractivity contribution in [3.63, 3.8) is 0 Å². The van der Waals surface area contributed by atoms with Gasteiger partial charge < -0.3 is 14.6 Å². The van der Waals surface area contributed by atoms with E-state index in [0.29, 0.717) is 13.1 Å². The Bertz CT molecular complexity index is 485. The van der Waals surface area contributed by atoms with Crippen LogP contribution in [0, 0.1) is 12.3 Å². The fourth-order valence-corrected chi connectivity index (χ4v) is 2.62. The number of ether oxygens (including phenoxy) is 1. The zero-order chi connectivity index (χ0) is 14.6. The van der Waals surface area contributed by atoms with Crippen LogP contribution in [-0.4, -0.2) is 30.2 Å². The fraction of sp³-hybridized carbons (Fsp3) is 0.692. The van der Waals surface area contributed by atoms with Crippen molar-refractivity contribution in [1.82, 2.24) is 9.88 Å². The third-order valence-corrected chi connectivity index (χ3v) is 3.84. The summed E-state index contributed by atoms with van der Waals surface area (Å²) in [5, 5.41) is 5.01. The van der Waals surface area contributed by atoms with Crippen LogP contribution in [0.5, 0.6) is 0 Å². The Balaban J connectivity index is 2.64. The number of aromatic nitrogens is 1. The van der Waals surface area contributed by atoms with E-state index in [0.717, 1.165) is 5.69 Å². The molecule has 1 rings (SSSR count). The number of hydrogen-bond donors (Lipinski definition) is 1. The molecule has 1 N–H and O–H groups in total. The molecule has 6 heteroatoms. The average molecular weight is 286 g/mol. The first kappa shape index (κ1) is 15.9. The topological polar surface area (TPSA) is 60.3 Å². The standard InChI is InChI=1S/C13H22N2O3S/c1-9-8-19-12(17)15(9)7-6-14-10(11(16)18-5)13(2,3)4/h8,10,14H,6-7H2,1-5H3/t10-/m0/s1. The summed E-state index contributed by atoms with van der Waals surface area (Å²) in [6.45, 7) is 8.93. The number of methoxy groups -OCH3 is 1. The van der Waals surface area contributed by atoms with Crippen molar-refractivity contribution in [3.05, 3.63) is 20.7 Å². The molecule has 0 amide bonds. The van der Waals surface area contributed by atoms with Gasteiger partial charge in [0.1, 0.15) is 6.04 Å². The van der Waals surface area contributed by atoms with Gasteiger partial charge in [-0.1, -0.05) is 32.1 Å². The van der Waals surface area contributed by atoms with Crippen molar-refractivity contribution < 1.29 is 9.53 Å². The van der Waals surface area contributed by atoms with E-state index in [1.165, 1.54) is 18.4 Å². The van der Waals surface area contributed by atoms with Crippen LogP contribution in [0.15, 0.2) is 10.2 Å². The molecule has 0 unspecified atom stereocenters. The smallest absolute Gasteiger partial charge is 0.323 e. The number of thiazole rings is 1. The maximum Gasteiger partial charge on any atom is 0.323 e. The molecule has 0 fully saturated rings. The molecule has 0 aliphatic heterocycles. The Hall–Kier alpha value is -1.14. The van der Waals surface area contributed by atoms with Gasteiger partial charge in [-0.25, -0.2) is 0 Å². The molecular formula is C13H22N2O3S. The molecule has 0 saturated heterocycles. The van der Waals surface area contributed by atoms with Crippen molar-refractivity contribution in [2.45, 2.75) is 40.3 Å². The van der Waals surface area contributed by atoms with E-state index in [-0.39, 0.29) is 22.3 Å². The lowest BCUT2D eigenvalue weighted by atomic mass is 9.87. The molecule has 0 saturated carbocycles. The summed E-state index contributed by atoms with van der Waals surface area (Å²) < 4.78 is 6.51. The Morgan fingerprint density at radius 2 is 2.16 bits per heavy atom. The molecule has 0 aliphatic rings. The molecule has 1 heterocycles. The van der Waals surface area contributed by atoms with Gasteiger partial charge in [0.2, 0.25) is 0 Å². The molecular weight excluding hydrogens is 264 g/mol. The van der Waals surface area contributed by atoms with Crippen molar-refractivity contribution in [2.75, 3.05) is 13.7 Å². The van der Waals surface area contributed by atoms with E-state index in [1.54, 1.807) is 4.57 Å². The summed E-state index contributed by atoms with van der Waals surface area (Å²) in [6.07, 6.45) is 0. The molecule has 19 heavy (non-hydrogen) atoms. The lowest BCUT2D eigenvalue weighted by Gasteiger charge is -2.29. The third-order valence-electron chi connectivity index (χ3n) is 2.96. The van der Waals surface area contributed by atoms with Gasteiger partial charge in [-0.15, -0.1) is 0 Å². The quantitative estimate of drug-likeness (QED) is 0.831. The normalized spacial score (nSPS) is 13.3. The number of nitrogens with one attached hydrogen (secondary N) is 1. The average Bonchev–Trinajstić information content (AvgIpc) is 2.63. The predicted molar refractivity (Wildman–Crippen MR) is 76.6 cm³/mol. The van der Waals surface area contributed by atoms with Gasteiger partial charge in [0.25, 0.3) is 0 Å². The number of aryl methyl sites for hydroxylation is 1. The number of hydrogen-bond acceptors (Lipinski definition) is 5. The molecule has 0 spiro atoms. The first-order chi connectivity index (χ1) is 8.77. The molecule has 108 valence electrons. The molecule has 1 aromatic rings. The molecule has 0 radical (unpaired) electrons. The lowest BCUT2D eigenvalue weighted by Crippen LogP contribution is -2.48. The van der Waals surface area contributed by atoms with Crippen LogP contribution < -0.4 is 10.2 Å². The monoisotopic (exact) mass is 286 g/mol. The van der Waals surface area contributed by atoms with Crippen molar-refractivity contribution in [2.24, 2.45) is 5.41 Å². The van der Waals surface area contributed by atoms with E-state index >= 15 is 0 Å². The molecule has 0 aliphatic carbocycles. The van der Waals surface area contributed by atoms with Gasteiger partial charge >= 0.3 is 10.8 Å². The van der Waals surface area contributed by atoms with Crippen molar-refractivity contribution in [3.8, 4) is 0 Å². The highest BCUT2D eigenvalue weighted by Gasteiger charge is 2.31. The number of esters is 1. The van der Waals surface area contributed by atoms with Crippen LogP contribution in [0.3, 0.4) is 0 Å². The van der Waals surface area contributed by atoms with E-state index in [4.69, 9.17) is 4.74 Å². The van der Waals surface area contributed by atoms with Gasteiger partial charge in [-0.2, -0.15) is 0 Å². The highest BCUT2D eigenvalue weighted by Crippen LogP contribution is 2.20. The Morgan fingerprint density at radius 3 is 2.58 bits per heavy atom. The number of nitrogens with zero attached hydrogens (tertiary/aromatic N) is 1. The SMILES string of the molecule is COC(=O)[C@H](NCCn1c(C)csc1=O)C(C)(C)C. The summed E-state index contributed by atoms with van der Waals surface area (Å²) in [6, 6.07) is -0.382. The maximum atomic E-state index is 11.7.